The van der Waals surface area contributed by atoms with Crippen molar-refractivity contribution in [3.05, 3.63) is 41.5 Å². The maximum atomic E-state index is 10.6. The lowest BCUT2D eigenvalue weighted by atomic mass is 10.1. The number of allylic oxidation sites excluding steroid dienone is 1. The maximum absolute atomic E-state index is 10.6. The van der Waals surface area contributed by atoms with Crippen LogP contribution in [0.25, 0.3) is 6.08 Å². The molecule has 0 aromatic heterocycles. The Hall–Kier alpha value is -1.22. The number of carboxylic acid groups (broad SMARTS) is 1. The molecule has 0 unspecified atom stereocenters. The van der Waals surface area contributed by atoms with E-state index in [-0.39, 0.29) is 0 Å². The Morgan fingerprint density at radius 3 is 2.93 bits per heavy atom. The van der Waals surface area contributed by atoms with E-state index in [0.29, 0.717) is 5.56 Å². The minimum atomic E-state index is -0.894. The van der Waals surface area contributed by atoms with Crippen molar-refractivity contribution in [2.75, 3.05) is 5.75 Å². The molecule has 0 heterocycles. The first-order chi connectivity index (χ1) is 6.74. The van der Waals surface area contributed by atoms with Gasteiger partial charge in [0.05, 0.1) is 5.56 Å². The van der Waals surface area contributed by atoms with Gasteiger partial charge in [0.15, 0.2) is 0 Å². The Morgan fingerprint density at radius 1 is 1.50 bits per heavy atom. The largest absolute Gasteiger partial charge is 0.478 e. The maximum Gasteiger partial charge on any atom is 0.335 e. The van der Waals surface area contributed by atoms with Crippen molar-refractivity contribution in [2.24, 2.45) is 0 Å². The van der Waals surface area contributed by atoms with Crippen LogP contribution in [-0.2, 0) is 0 Å². The van der Waals surface area contributed by atoms with E-state index >= 15 is 0 Å². The molecular formula is C11H12O2S. The van der Waals surface area contributed by atoms with E-state index in [1.807, 2.05) is 18.2 Å². The number of rotatable bonds is 4. The Kier molecular flexibility index (Phi) is 4.26. The molecule has 0 saturated carbocycles. The number of thiol groups is 1. The average molecular weight is 208 g/mol. The third-order valence-electron chi connectivity index (χ3n) is 1.74. The predicted octanol–water partition coefficient (Wildman–Crippen LogP) is 2.72. The minimum absolute atomic E-state index is 0.318. The number of aromatic carboxylic acids is 1. The van der Waals surface area contributed by atoms with E-state index in [4.69, 9.17) is 5.11 Å². The van der Waals surface area contributed by atoms with E-state index in [2.05, 4.69) is 12.6 Å². The van der Waals surface area contributed by atoms with Gasteiger partial charge < -0.3 is 5.11 Å². The zero-order chi connectivity index (χ0) is 10.4. The van der Waals surface area contributed by atoms with E-state index in [1.54, 1.807) is 18.2 Å². The average Bonchev–Trinajstić information content (AvgIpc) is 2.19. The molecule has 1 aromatic carbocycles. The summed E-state index contributed by atoms with van der Waals surface area (Å²) in [5.41, 5.74) is 1.23. The highest BCUT2D eigenvalue weighted by atomic mass is 32.1. The van der Waals surface area contributed by atoms with Crippen LogP contribution in [0.1, 0.15) is 22.3 Å². The van der Waals surface area contributed by atoms with Crippen LogP contribution in [0.2, 0.25) is 0 Å². The number of hydrogen-bond donors (Lipinski definition) is 2. The second kappa shape index (κ2) is 5.50. The Morgan fingerprint density at radius 2 is 2.29 bits per heavy atom. The second-order valence-electron chi connectivity index (χ2n) is 2.85. The Bertz CT molecular complexity index is 345. The molecule has 14 heavy (non-hydrogen) atoms. The summed E-state index contributed by atoms with van der Waals surface area (Å²) in [5, 5.41) is 8.74. The molecule has 1 rings (SSSR count). The summed E-state index contributed by atoms with van der Waals surface area (Å²) in [4.78, 5) is 10.6. The molecule has 3 heteroatoms. The molecule has 0 aliphatic heterocycles. The third-order valence-corrected chi connectivity index (χ3v) is 2.00. The standard InChI is InChI=1S/C11H12O2S/c12-11(13)10-6-3-5-9(8-10)4-1-2-7-14/h1,3-6,8,14H,2,7H2,(H,12,13). The van der Waals surface area contributed by atoms with Gasteiger partial charge in [0.25, 0.3) is 0 Å². The first-order valence-corrected chi connectivity index (χ1v) is 4.98. The van der Waals surface area contributed by atoms with Crippen LogP contribution in [0.4, 0.5) is 0 Å². The lowest BCUT2D eigenvalue weighted by Gasteiger charge is -1.96. The monoisotopic (exact) mass is 208 g/mol. The summed E-state index contributed by atoms with van der Waals surface area (Å²) in [7, 11) is 0. The molecular weight excluding hydrogens is 196 g/mol. The predicted molar refractivity (Wildman–Crippen MR) is 60.9 cm³/mol. The highest BCUT2D eigenvalue weighted by molar-refractivity contribution is 7.80. The molecule has 0 saturated heterocycles. The van der Waals surface area contributed by atoms with Gasteiger partial charge in [-0.1, -0.05) is 24.3 Å². The van der Waals surface area contributed by atoms with Crippen molar-refractivity contribution in [1.82, 2.24) is 0 Å². The van der Waals surface area contributed by atoms with E-state index < -0.39 is 5.97 Å². The summed E-state index contributed by atoms with van der Waals surface area (Å²) in [5.74, 6) is -0.0933. The molecule has 0 fully saturated rings. The van der Waals surface area contributed by atoms with E-state index in [1.165, 1.54) is 0 Å². The van der Waals surface area contributed by atoms with Gasteiger partial charge in [-0.25, -0.2) is 4.79 Å². The van der Waals surface area contributed by atoms with Crippen LogP contribution >= 0.6 is 12.6 Å². The van der Waals surface area contributed by atoms with Crippen molar-refractivity contribution >= 4 is 24.7 Å². The van der Waals surface area contributed by atoms with Crippen LogP contribution in [0.15, 0.2) is 30.3 Å². The fourth-order valence-corrected chi connectivity index (χ4v) is 1.22. The lowest BCUT2D eigenvalue weighted by molar-refractivity contribution is 0.0697. The molecule has 1 aromatic rings. The molecule has 0 aliphatic rings. The van der Waals surface area contributed by atoms with Crippen LogP contribution < -0.4 is 0 Å². The van der Waals surface area contributed by atoms with Crippen molar-refractivity contribution < 1.29 is 9.90 Å². The lowest BCUT2D eigenvalue weighted by Crippen LogP contribution is -1.95. The summed E-state index contributed by atoms with van der Waals surface area (Å²) < 4.78 is 0. The number of carboxylic acids is 1. The van der Waals surface area contributed by atoms with Gasteiger partial charge >= 0.3 is 5.97 Å². The van der Waals surface area contributed by atoms with E-state index in [0.717, 1.165) is 17.7 Å². The summed E-state index contributed by atoms with van der Waals surface area (Å²) in [6.07, 6.45) is 4.77. The first-order valence-electron chi connectivity index (χ1n) is 4.35. The highest BCUT2D eigenvalue weighted by Gasteiger charge is 2.00. The number of hydrogen-bond acceptors (Lipinski definition) is 2. The van der Waals surface area contributed by atoms with Gasteiger partial charge in [0, 0.05) is 0 Å². The van der Waals surface area contributed by atoms with Crippen LogP contribution in [-0.4, -0.2) is 16.8 Å². The minimum Gasteiger partial charge on any atom is -0.478 e. The normalized spacial score (nSPS) is 10.6. The molecule has 74 valence electrons. The zero-order valence-electron chi connectivity index (χ0n) is 7.68. The van der Waals surface area contributed by atoms with Gasteiger partial charge in [-0.2, -0.15) is 12.6 Å². The molecule has 0 radical (unpaired) electrons. The second-order valence-corrected chi connectivity index (χ2v) is 3.29. The fraction of sp³-hybridized carbons (Fsp3) is 0.182. The van der Waals surface area contributed by atoms with Gasteiger partial charge in [-0.05, 0) is 29.9 Å². The molecule has 2 nitrogen and oxygen atoms in total. The Labute approximate surface area is 88.7 Å². The SMILES string of the molecule is O=C(O)c1cccc(C=CCCS)c1. The molecule has 0 spiro atoms. The van der Waals surface area contributed by atoms with Gasteiger partial charge in [0.2, 0.25) is 0 Å². The molecule has 0 atom stereocenters. The van der Waals surface area contributed by atoms with Crippen LogP contribution in [0, 0.1) is 0 Å². The summed E-state index contributed by atoms with van der Waals surface area (Å²) >= 11 is 4.07. The van der Waals surface area contributed by atoms with Crippen LogP contribution in [0.3, 0.4) is 0 Å². The number of carbonyl (C=O) groups is 1. The van der Waals surface area contributed by atoms with Crippen LogP contribution in [0.5, 0.6) is 0 Å². The first kappa shape index (κ1) is 10.9. The van der Waals surface area contributed by atoms with Gasteiger partial charge in [-0.15, -0.1) is 0 Å². The Balaban J connectivity index is 2.78. The zero-order valence-corrected chi connectivity index (χ0v) is 8.58. The third kappa shape index (κ3) is 3.26. The van der Waals surface area contributed by atoms with Crippen molar-refractivity contribution in [3.8, 4) is 0 Å². The smallest absolute Gasteiger partial charge is 0.335 e. The molecule has 0 amide bonds. The topological polar surface area (TPSA) is 37.3 Å². The summed E-state index contributed by atoms with van der Waals surface area (Å²) in [6.45, 7) is 0. The van der Waals surface area contributed by atoms with Crippen molar-refractivity contribution in [2.45, 2.75) is 6.42 Å². The van der Waals surface area contributed by atoms with E-state index in [9.17, 15) is 4.79 Å². The van der Waals surface area contributed by atoms with Gasteiger partial charge in [-0.3, -0.25) is 0 Å². The quantitative estimate of drug-likeness (QED) is 0.746. The summed E-state index contributed by atoms with van der Waals surface area (Å²) in [6, 6.07) is 6.85. The molecule has 1 N–H and O–H groups in total. The highest BCUT2D eigenvalue weighted by Crippen LogP contribution is 2.07. The van der Waals surface area contributed by atoms with Crippen molar-refractivity contribution in [1.29, 1.82) is 0 Å². The van der Waals surface area contributed by atoms with Gasteiger partial charge in [0.1, 0.15) is 0 Å². The molecule has 0 bridgehead atoms. The molecule has 0 aliphatic carbocycles. The van der Waals surface area contributed by atoms with Crippen molar-refractivity contribution in [3.63, 3.8) is 0 Å². The number of benzene rings is 1. The fourth-order valence-electron chi connectivity index (χ4n) is 1.07.